The van der Waals surface area contributed by atoms with Crippen molar-refractivity contribution in [3.8, 4) is 33.0 Å². The van der Waals surface area contributed by atoms with E-state index in [1.54, 1.807) is 0 Å². The summed E-state index contributed by atoms with van der Waals surface area (Å²) in [5.41, 5.74) is 9.94. The Hall–Kier alpha value is -2.78. The lowest BCUT2D eigenvalue weighted by Crippen LogP contribution is -2.04. The maximum Gasteiger partial charge on any atom is 0.0892 e. The first-order valence-electron chi connectivity index (χ1n) is 14.5. The third kappa shape index (κ3) is 6.61. The minimum Gasteiger partial charge on any atom is -0.255 e. The lowest BCUT2D eigenvalue weighted by atomic mass is 9.82. The zero-order valence-corrected chi connectivity index (χ0v) is 25.2. The summed E-state index contributed by atoms with van der Waals surface area (Å²) in [5.74, 6) is 1.39. The highest BCUT2D eigenvalue weighted by atomic mass is 32.1. The molecule has 4 aromatic rings. The van der Waals surface area contributed by atoms with Crippen LogP contribution in [-0.2, 0) is 6.42 Å². The number of benzene rings is 1. The average Bonchev–Trinajstić information content (AvgIpc) is 3.39. The molecule has 0 aliphatic heterocycles. The van der Waals surface area contributed by atoms with Crippen LogP contribution in [0.2, 0.25) is 0 Å². The maximum absolute atomic E-state index is 4.77. The van der Waals surface area contributed by atoms with Gasteiger partial charge in [-0.1, -0.05) is 79.9 Å². The monoisotopic (exact) mass is 524 g/mol. The van der Waals surface area contributed by atoms with E-state index in [0.717, 1.165) is 11.4 Å². The van der Waals surface area contributed by atoms with Gasteiger partial charge in [-0.2, -0.15) is 0 Å². The fourth-order valence-corrected chi connectivity index (χ4v) is 6.18. The van der Waals surface area contributed by atoms with Crippen molar-refractivity contribution in [2.24, 2.45) is 0 Å². The molecule has 0 bridgehead atoms. The van der Waals surface area contributed by atoms with Crippen LogP contribution >= 0.6 is 11.3 Å². The van der Waals surface area contributed by atoms with Gasteiger partial charge in [0.15, 0.2) is 0 Å². The summed E-state index contributed by atoms with van der Waals surface area (Å²) < 4.78 is 0. The smallest absolute Gasteiger partial charge is 0.0892 e. The van der Waals surface area contributed by atoms with Gasteiger partial charge in [0.25, 0.3) is 0 Å². The summed E-state index contributed by atoms with van der Waals surface area (Å²) in [5, 5.41) is 0. The second-order valence-electron chi connectivity index (χ2n) is 11.5. The van der Waals surface area contributed by atoms with Gasteiger partial charge in [0.2, 0.25) is 0 Å². The molecule has 3 heterocycles. The molecule has 0 saturated heterocycles. The first-order chi connectivity index (χ1) is 18.3. The van der Waals surface area contributed by atoms with E-state index in [1.165, 1.54) is 75.2 Å². The van der Waals surface area contributed by atoms with Crippen LogP contribution in [0.5, 0.6) is 0 Å². The molecule has 0 N–H and O–H groups in total. The van der Waals surface area contributed by atoms with Crippen LogP contribution < -0.4 is 0 Å². The van der Waals surface area contributed by atoms with Crippen LogP contribution in [-0.4, -0.2) is 9.97 Å². The van der Waals surface area contributed by atoms with Crippen LogP contribution in [0, 0.1) is 0 Å². The SMILES string of the molecule is CCCCCCc1ccc(-c2ccnc(-c3cc(-c4c(C(C)C)cc(C(C)C)cc4C(C)C)ccn3)c2)s1. The molecule has 0 fully saturated rings. The molecule has 3 aromatic heterocycles. The second kappa shape index (κ2) is 12.8. The van der Waals surface area contributed by atoms with Crippen molar-refractivity contribution in [2.75, 3.05) is 0 Å². The van der Waals surface area contributed by atoms with Crippen molar-refractivity contribution in [1.82, 2.24) is 9.97 Å². The molecule has 0 amide bonds. The van der Waals surface area contributed by atoms with Crippen molar-refractivity contribution in [3.05, 3.63) is 82.5 Å². The fraction of sp³-hybridized carbons (Fsp3) is 0.429. The molecule has 0 atom stereocenters. The maximum atomic E-state index is 4.77. The number of hydrogen-bond donors (Lipinski definition) is 0. The van der Waals surface area contributed by atoms with E-state index >= 15 is 0 Å². The van der Waals surface area contributed by atoms with Gasteiger partial charge < -0.3 is 0 Å². The number of hydrogen-bond acceptors (Lipinski definition) is 3. The van der Waals surface area contributed by atoms with E-state index in [4.69, 9.17) is 9.97 Å². The van der Waals surface area contributed by atoms with Gasteiger partial charge in [-0.25, -0.2) is 0 Å². The number of aryl methyl sites for hydroxylation is 1. The molecule has 3 heteroatoms. The van der Waals surface area contributed by atoms with E-state index in [-0.39, 0.29) is 0 Å². The lowest BCUT2D eigenvalue weighted by Gasteiger charge is -2.23. The molecule has 200 valence electrons. The lowest BCUT2D eigenvalue weighted by molar-refractivity contribution is 0.670. The molecule has 0 unspecified atom stereocenters. The first-order valence-corrected chi connectivity index (χ1v) is 15.3. The quantitative estimate of drug-likeness (QED) is 0.182. The van der Waals surface area contributed by atoms with E-state index in [9.17, 15) is 0 Å². The number of pyridine rings is 2. The highest BCUT2D eigenvalue weighted by Crippen LogP contribution is 2.40. The van der Waals surface area contributed by atoms with Crippen molar-refractivity contribution >= 4 is 11.3 Å². The van der Waals surface area contributed by atoms with Crippen molar-refractivity contribution in [2.45, 2.75) is 98.3 Å². The Morgan fingerprint density at radius 2 is 1.26 bits per heavy atom. The number of rotatable bonds is 11. The van der Waals surface area contributed by atoms with E-state index in [0.29, 0.717) is 17.8 Å². The van der Waals surface area contributed by atoms with Crippen LogP contribution in [0.4, 0.5) is 0 Å². The summed E-state index contributed by atoms with van der Waals surface area (Å²) in [6.07, 6.45) is 10.3. The minimum absolute atomic E-state index is 0.439. The van der Waals surface area contributed by atoms with Gasteiger partial charge >= 0.3 is 0 Å². The Bertz CT molecular complexity index is 1320. The largest absolute Gasteiger partial charge is 0.255 e. The topological polar surface area (TPSA) is 25.8 Å². The van der Waals surface area contributed by atoms with Gasteiger partial charge in [0, 0.05) is 22.1 Å². The zero-order valence-electron chi connectivity index (χ0n) is 24.3. The predicted octanol–water partition coefficient (Wildman–Crippen LogP) is 11.0. The third-order valence-electron chi connectivity index (χ3n) is 7.43. The predicted molar refractivity (Wildman–Crippen MR) is 166 cm³/mol. The standard InChI is InChI=1S/C35H44N2S/c1-8-9-10-11-12-29-13-14-34(38-29)26-15-17-36-32(21-26)33-22-27(16-18-37-33)35-30(24(4)5)19-28(23(2)3)20-31(35)25(6)7/h13-25H,8-12H2,1-7H3. The van der Waals surface area contributed by atoms with E-state index in [1.807, 2.05) is 23.7 Å². The van der Waals surface area contributed by atoms with E-state index < -0.39 is 0 Å². The fourth-order valence-electron chi connectivity index (χ4n) is 5.13. The van der Waals surface area contributed by atoms with E-state index in [2.05, 4.69) is 97.0 Å². The van der Waals surface area contributed by atoms with Gasteiger partial charge in [-0.3, -0.25) is 9.97 Å². The van der Waals surface area contributed by atoms with Gasteiger partial charge in [-0.05, 0) is 100 Å². The molecule has 1 aromatic carbocycles. The van der Waals surface area contributed by atoms with Crippen molar-refractivity contribution < 1.29 is 0 Å². The van der Waals surface area contributed by atoms with Crippen molar-refractivity contribution in [1.29, 1.82) is 0 Å². The average molecular weight is 525 g/mol. The summed E-state index contributed by atoms with van der Waals surface area (Å²) in [4.78, 5) is 12.3. The number of unbranched alkanes of at least 4 members (excludes halogenated alkanes) is 3. The van der Waals surface area contributed by atoms with Gasteiger partial charge in [0.1, 0.15) is 0 Å². The van der Waals surface area contributed by atoms with Crippen LogP contribution in [0.3, 0.4) is 0 Å². The first kappa shape index (κ1) is 28.2. The Morgan fingerprint density at radius 3 is 1.84 bits per heavy atom. The molecular formula is C35H44N2S. The van der Waals surface area contributed by atoms with Crippen LogP contribution in [0.15, 0.2) is 60.9 Å². The molecule has 38 heavy (non-hydrogen) atoms. The number of nitrogens with zero attached hydrogens (tertiary/aromatic N) is 2. The molecule has 0 saturated carbocycles. The van der Waals surface area contributed by atoms with Crippen LogP contribution in [0.1, 0.15) is 113 Å². The van der Waals surface area contributed by atoms with Gasteiger partial charge in [0.05, 0.1) is 11.4 Å². The Kier molecular flexibility index (Phi) is 9.54. The van der Waals surface area contributed by atoms with Crippen molar-refractivity contribution in [3.63, 3.8) is 0 Å². The number of aromatic nitrogens is 2. The third-order valence-corrected chi connectivity index (χ3v) is 8.62. The summed E-state index contributed by atoms with van der Waals surface area (Å²) in [6.45, 7) is 16.1. The highest BCUT2D eigenvalue weighted by molar-refractivity contribution is 7.15. The van der Waals surface area contributed by atoms with Gasteiger partial charge in [-0.15, -0.1) is 11.3 Å². The summed E-state index contributed by atoms with van der Waals surface area (Å²) in [7, 11) is 0. The Morgan fingerprint density at radius 1 is 0.658 bits per heavy atom. The molecule has 2 nitrogen and oxygen atoms in total. The number of thiophene rings is 1. The zero-order chi connectivity index (χ0) is 27.2. The molecule has 4 rings (SSSR count). The second-order valence-corrected chi connectivity index (χ2v) is 12.6. The molecule has 0 radical (unpaired) electrons. The van der Waals surface area contributed by atoms with Crippen LogP contribution in [0.25, 0.3) is 33.0 Å². The Labute approximate surface area is 234 Å². The molecular weight excluding hydrogens is 480 g/mol. The molecule has 0 spiro atoms. The minimum atomic E-state index is 0.439. The molecule has 0 aliphatic rings. The molecule has 0 aliphatic carbocycles. The normalized spacial score (nSPS) is 11.7. The Balaban J connectivity index is 1.69. The highest BCUT2D eigenvalue weighted by Gasteiger charge is 2.19. The summed E-state index contributed by atoms with van der Waals surface area (Å²) >= 11 is 1.91. The summed E-state index contributed by atoms with van der Waals surface area (Å²) in [6, 6.07) is 18.1.